The van der Waals surface area contributed by atoms with Gasteiger partial charge in [-0.05, 0) is 13.8 Å². The minimum absolute atomic E-state index is 0.00584. The summed E-state index contributed by atoms with van der Waals surface area (Å²) in [4.78, 5) is 23.8. The zero-order valence-electron chi connectivity index (χ0n) is 8.54. The maximum Gasteiger partial charge on any atom is 0.323 e. The smallest absolute Gasteiger partial charge is 0.323 e. The number of hydrogen-bond donors (Lipinski definition) is 2. The topological polar surface area (TPSA) is 69.6 Å². The average Bonchev–Trinajstić information content (AvgIpc) is 2.29. The molecule has 5 heteroatoms. The molecule has 0 atom stereocenters. The SMILES string of the molecule is CC(C)(C(=O)O)N1CCNC(=O)CC1. The second kappa shape index (κ2) is 3.96. The second-order valence-electron chi connectivity index (χ2n) is 3.95. The van der Waals surface area contributed by atoms with Crippen molar-refractivity contribution in [3.63, 3.8) is 0 Å². The predicted octanol–water partition coefficient (Wildman–Crippen LogP) is -0.328. The van der Waals surface area contributed by atoms with Gasteiger partial charge in [-0.1, -0.05) is 0 Å². The fourth-order valence-electron chi connectivity index (χ4n) is 1.46. The first-order chi connectivity index (χ1) is 6.44. The molecule has 0 radical (unpaired) electrons. The van der Waals surface area contributed by atoms with E-state index in [1.165, 1.54) is 0 Å². The van der Waals surface area contributed by atoms with Gasteiger partial charge in [-0.25, -0.2) is 0 Å². The van der Waals surface area contributed by atoms with E-state index < -0.39 is 11.5 Å². The molecule has 0 aromatic heterocycles. The number of aliphatic carboxylic acids is 1. The lowest BCUT2D eigenvalue weighted by atomic mass is 10.0. The first-order valence-corrected chi connectivity index (χ1v) is 4.70. The highest BCUT2D eigenvalue weighted by Gasteiger charge is 2.35. The van der Waals surface area contributed by atoms with Crippen LogP contribution >= 0.6 is 0 Å². The van der Waals surface area contributed by atoms with Gasteiger partial charge in [0.2, 0.25) is 5.91 Å². The highest BCUT2D eigenvalue weighted by Crippen LogP contribution is 2.15. The first kappa shape index (κ1) is 11.0. The van der Waals surface area contributed by atoms with Crippen molar-refractivity contribution in [1.82, 2.24) is 10.2 Å². The van der Waals surface area contributed by atoms with Crippen molar-refractivity contribution in [2.24, 2.45) is 0 Å². The van der Waals surface area contributed by atoms with E-state index in [9.17, 15) is 9.59 Å². The Hall–Kier alpha value is -1.10. The third kappa shape index (κ3) is 2.23. The monoisotopic (exact) mass is 200 g/mol. The summed E-state index contributed by atoms with van der Waals surface area (Å²) in [5.74, 6) is -0.861. The van der Waals surface area contributed by atoms with Crippen LogP contribution in [0.4, 0.5) is 0 Å². The summed E-state index contributed by atoms with van der Waals surface area (Å²) in [6, 6.07) is 0. The number of carboxylic acid groups (broad SMARTS) is 1. The van der Waals surface area contributed by atoms with Crippen molar-refractivity contribution in [1.29, 1.82) is 0 Å². The van der Waals surface area contributed by atoms with Crippen molar-refractivity contribution in [3.8, 4) is 0 Å². The van der Waals surface area contributed by atoms with Gasteiger partial charge < -0.3 is 10.4 Å². The van der Waals surface area contributed by atoms with E-state index in [0.29, 0.717) is 26.1 Å². The number of carbonyl (C=O) groups excluding carboxylic acids is 1. The number of hydrogen-bond acceptors (Lipinski definition) is 3. The molecule has 1 aliphatic heterocycles. The zero-order valence-corrected chi connectivity index (χ0v) is 8.54. The molecular formula is C9H16N2O3. The molecule has 0 aliphatic carbocycles. The van der Waals surface area contributed by atoms with Crippen LogP contribution in [0, 0.1) is 0 Å². The van der Waals surface area contributed by atoms with Gasteiger partial charge in [-0.3, -0.25) is 14.5 Å². The highest BCUT2D eigenvalue weighted by atomic mass is 16.4. The van der Waals surface area contributed by atoms with Gasteiger partial charge in [0.1, 0.15) is 5.54 Å². The van der Waals surface area contributed by atoms with Crippen molar-refractivity contribution >= 4 is 11.9 Å². The Morgan fingerprint density at radius 1 is 1.50 bits per heavy atom. The lowest BCUT2D eigenvalue weighted by Crippen LogP contribution is -2.51. The van der Waals surface area contributed by atoms with Gasteiger partial charge in [-0.2, -0.15) is 0 Å². The Labute approximate surface area is 83.1 Å². The van der Waals surface area contributed by atoms with Crippen LogP contribution in [-0.4, -0.2) is 47.1 Å². The molecule has 1 saturated heterocycles. The van der Waals surface area contributed by atoms with Gasteiger partial charge >= 0.3 is 5.97 Å². The molecule has 0 unspecified atom stereocenters. The number of amides is 1. The number of nitrogens with zero attached hydrogens (tertiary/aromatic N) is 1. The number of carboxylic acids is 1. The quantitative estimate of drug-likeness (QED) is 0.640. The van der Waals surface area contributed by atoms with E-state index in [1.54, 1.807) is 13.8 Å². The standard InChI is InChI=1S/C9H16N2O3/c1-9(2,8(13)14)11-5-3-7(12)10-4-6-11/h3-6H2,1-2H3,(H,10,12)(H,13,14). The van der Waals surface area contributed by atoms with Gasteiger partial charge in [0.15, 0.2) is 0 Å². The average molecular weight is 200 g/mol. The Morgan fingerprint density at radius 2 is 2.14 bits per heavy atom. The third-order valence-corrected chi connectivity index (χ3v) is 2.63. The summed E-state index contributed by atoms with van der Waals surface area (Å²) in [6.45, 7) is 4.93. The van der Waals surface area contributed by atoms with Crippen LogP contribution in [0.2, 0.25) is 0 Å². The fourth-order valence-corrected chi connectivity index (χ4v) is 1.46. The van der Waals surface area contributed by atoms with E-state index in [1.807, 2.05) is 4.90 Å². The summed E-state index contributed by atoms with van der Waals surface area (Å²) in [7, 11) is 0. The molecule has 14 heavy (non-hydrogen) atoms. The third-order valence-electron chi connectivity index (χ3n) is 2.63. The molecule has 1 rings (SSSR count). The minimum atomic E-state index is -0.897. The van der Waals surface area contributed by atoms with E-state index in [2.05, 4.69) is 5.32 Å². The van der Waals surface area contributed by atoms with Gasteiger partial charge in [0, 0.05) is 26.1 Å². The van der Waals surface area contributed by atoms with E-state index in [4.69, 9.17) is 5.11 Å². The maximum atomic E-state index is 11.0. The molecule has 80 valence electrons. The molecule has 0 saturated carbocycles. The van der Waals surface area contributed by atoms with Crippen molar-refractivity contribution in [3.05, 3.63) is 0 Å². The largest absolute Gasteiger partial charge is 0.480 e. The first-order valence-electron chi connectivity index (χ1n) is 4.70. The van der Waals surface area contributed by atoms with Crippen LogP contribution in [0.3, 0.4) is 0 Å². The number of nitrogens with one attached hydrogen (secondary N) is 1. The van der Waals surface area contributed by atoms with Crippen LogP contribution in [0.1, 0.15) is 20.3 Å². The van der Waals surface area contributed by atoms with Gasteiger partial charge in [-0.15, -0.1) is 0 Å². The molecule has 5 nitrogen and oxygen atoms in total. The lowest BCUT2D eigenvalue weighted by Gasteiger charge is -2.33. The molecule has 1 heterocycles. The molecule has 2 N–H and O–H groups in total. The minimum Gasteiger partial charge on any atom is -0.480 e. The molecule has 1 amide bonds. The summed E-state index contributed by atoms with van der Waals surface area (Å²) >= 11 is 0. The predicted molar refractivity (Wildman–Crippen MR) is 50.9 cm³/mol. The summed E-state index contributed by atoms with van der Waals surface area (Å²) in [6.07, 6.45) is 0.372. The van der Waals surface area contributed by atoms with Crippen molar-refractivity contribution in [2.75, 3.05) is 19.6 Å². The Bertz CT molecular complexity index is 250. The van der Waals surface area contributed by atoms with Crippen molar-refractivity contribution in [2.45, 2.75) is 25.8 Å². The fraction of sp³-hybridized carbons (Fsp3) is 0.778. The molecule has 1 fully saturated rings. The van der Waals surface area contributed by atoms with Crippen LogP contribution in [0.15, 0.2) is 0 Å². The van der Waals surface area contributed by atoms with E-state index >= 15 is 0 Å². The molecule has 0 spiro atoms. The van der Waals surface area contributed by atoms with Crippen LogP contribution in [-0.2, 0) is 9.59 Å². The lowest BCUT2D eigenvalue weighted by molar-refractivity contribution is -0.149. The molecular weight excluding hydrogens is 184 g/mol. The summed E-state index contributed by atoms with van der Waals surface area (Å²) < 4.78 is 0. The Balaban J connectivity index is 2.68. The Morgan fingerprint density at radius 3 is 2.71 bits per heavy atom. The maximum absolute atomic E-state index is 11.0. The summed E-state index contributed by atoms with van der Waals surface area (Å²) in [5.41, 5.74) is -0.897. The number of carbonyl (C=O) groups is 2. The Kier molecular flexibility index (Phi) is 3.10. The highest BCUT2D eigenvalue weighted by molar-refractivity contribution is 5.79. The number of rotatable bonds is 2. The second-order valence-corrected chi connectivity index (χ2v) is 3.95. The van der Waals surface area contributed by atoms with Crippen LogP contribution < -0.4 is 5.32 Å². The molecule has 0 bridgehead atoms. The molecule has 1 aliphatic rings. The van der Waals surface area contributed by atoms with E-state index in [-0.39, 0.29) is 5.91 Å². The van der Waals surface area contributed by atoms with Gasteiger partial charge in [0.25, 0.3) is 0 Å². The van der Waals surface area contributed by atoms with E-state index in [0.717, 1.165) is 0 Å². The van der Waals surface area contributed by atoms with Crippen molar-refractivity contribution < 1.29 is 14.7 Å². The zero-order chi connectivity index (χ0) is 10.8. The molecule has 0 aromatic rings. The summed E-state index contributed by atoms with van der Waals surface area (Å²) in [5, 5.41) is 11.7. The van der Waals surface area contributed by atoms with Gasteiger partial charge in [0.05, 0.1) is 0 Å². The normalized spacial score (nSPS) is 20.0. The molecule has 0 aromatic carbocycles. The van der Waals surface area contributed by atoms with Crippen LogP contribution in [0.5, 0.6) is 0 Å². The van der Waals surface area contributed by atoms with Crippen LogP contribution in [0.25, 0.3) is 0 Å².